The number of rotatable bonds is 1. The van der Waals surface area contributed by atoms with Crippen LogP contribution in [0.5, 0.6) is 0 Å². The van der Waals surface area contributed by atoms with Gasteiger partial charge in [0.25, 0.3) is 0 Å². The molecule has 6 nitrogen and oxygen atoms in total. The summed E-state index contributed by atoms with van der Waals surface area (Å²) in [5, 5.41) is 2.13. The molecule has 96 valence electrons. The van der Waals surface area contributed by atoms with Crippen LogP contribution in [0.1, 0.15) is 38.5 Å². The predicted molar refractivity (Wildman–Crippen MR) is 58.9 cm³/mol. The van der Waals surface area contributed by atoms with Gasteiger partial charge in [-0.3, -0.25) is 29.4 Å². The van der Waals surface area contributed by atoms with Gasteiger partial charge in [-0.1, -0.05) is 6.42 Å². The molecule has 2 heterocycles. The number of likely N-dealkylation sites (tertiary alicyclic amines) is 1. The largest absolute Gasteiger partial charge is 0.295 e. The maximum absolute atomic E-state index is 12.1. The second-order valence-corrected chi connectivity index (χ2v) is 5.50. The van der Waals surface area contributed by atoms with E-state index < -0.39 is 17.9 Å². The highest BCUT2D eigenvalue weighted by molar-refractivity contribution is 6.11. The molecule has 0 aromatic heterocycles. The van der Waals surface area contributed by atoms with E-state index in [1.54, 1.807) is 0 Å². The maximum atomic E-state index is 12.1. The van der Waals surface area contributed by atoms with Crippen molar-refractivity contribution in [2.45, 2.75) is 44.6 Å². The minimum Gasteiger partial charge on any atom is -0.295 e. The lowest BCUT2D eigenvalue weighted by Gasteiger charge is -2.46. The van der Waals surface area contributed by atoms with Crippen molar-refractivity contribution < 1.29 is 19.2 Å². The predicted octanol–water partition coefficient (Wildman–Crippen LogP) is -0.279. The van der Waals surface area contributed by atoms with Crippen LogP contribution in [-0.2, 0) is 19.2 Å². The molecule has 6 heteroatoms. The first-order chi connectivity index (χ1) is 8.51. The number of hydrogen-bond donors (Lipinski definition) is 1. The molecule has 3 aliphatic rings. The SMILES string of the molecule is O=C1CC(N2C(=O)CC3(CCC3)CC2=O)C(=O)N1. The third-order valence-corrected chi connectivity index (χ3v) is 4.26. The smallest absolute Gasteiger partial charge is 0.250 e. The van der Waals surface area contributed by atoms with Crippen molar-refractivity contribution in [3.8, 4) is 0 Å². The Hall–Kier alpha value is -1.72. The molecular formula is C12H14N2O4. The third-order valence-electron chi connectivity index (χ3n) is 4.26. The molecule has 3 rings (SSSR count). The first-order valence-corrected chi connectivity index (χ1v) is 6.19. The number of nitrogens with zero attached hydrogens (tertiary/aromatic N) is 1. The Bertz CT molecular complexity index is 447. The fourth-order valence-electron chi connectivity index (χ4n) is 3.14. The van der Waals surface area contributed by atoms with Crippen LogP contribution in [0, 0.1) is 5.41 Å². The average Bonchev–Trinajstić information content (AvgIpc) is 2.54. The lowest BCUT2D eigenvalue weighted by atomic mass is 9.62. The lowest BCUT2D eigenvalue weighted by Crippen LogP contribution is -2.55. The van der Waals surface area contributed by atoms with Crippen molar-refractivity contribution in [1.29, 1.82) is 0 Å². The highest BCUT2D eigenvalue weighted by Gasteiger charge is 2.51. The van der Waals surface area contributed by atoms with E-state index in [-0.39, 0.29) is 23.7 Å². The van der Waals surface area contributed by atoms with E-state index in [9.17, 15) is 19.2 Å². The molecule has 1 unspecified atom stereocenters. The Morgan fingerprint density at radius 1 is 1.06 bits per heavy atom. The van der Waals surface area contributed by atoms with E-state index in [4.69, 9.17) is 0 Å². The van der Waals surface area contributed by atoms with Gasteiger partial charge in [-0.05, 0) is 18.3 Å². The molecule has 0 aromatic carbocycles. The van der Waals surface area contributed by atoms with Gasteiger partial charge in [0.15, 0.2) is 0 Å². The van der Waals surface area contributed by atoms with Crippen LogP contribution in [0.3, 0.4) is 0 Å². The zero-order valence-corrected chi connectivity index (χ0v) is 9.90. The molecule has 1 spiro atoms. The van der Waals surface area contributed by atoms with Crippen LogP contribution >= 0.6 is 0 Å². The number of nitrogens with one attached hydrogen (secondary N) is 1. The molecule has 1 N–H and O–H groups in total. The van der Waals surface area contributed by atoms with Crippen LogP contribution in [-0.4, -0.2) is 34.6 Å². The molecule has 1 aliphatic carbocycles. The number of imide groups is 2. The number of hydrogen-bond acceptors (Lipinski definition) is 4. The van der Waals surface area contributed by atoms with E-state index in [0.717, 1.165) is 24.2 Å². The van der Waals surface area contributed by atoms with Crippen LogP contribution in [0.25, 0.3) is 0 Å². The summed E-state index contributed by atoms with van der Waals surface area (Å²) in [5.74, 6) is -1.57. The molecular weight excluding hydrogens is 236 g/mol. The van der Waals surface area contributed by atoms with E-state index in [1.807, 2.05) is 0 Å². The minimum absolute atomic E-state index is 0.0939. The Kier molecular flexibility index (Phi) is 2.30. The van der Waals surface area contributed by atoms with Gasteiger partial charge in [0.05, 0.1) is 6.42 Å². The van der Waals surface area contributed by atoms with Crippen molar-refractivity contribution in [1.82, 2.24) is 10.2 Å². The monoisotopic (exact) mass is 250 g/mol. The quantitative estimate of drug-likeness (QED) is 0.649. The van der Waals surface area contributed by atoms with Gasteiger partial charge >= 0.3 is 0 Å². The topological polar surface area (TPSA) is 83.6 Å². The number of amides is 4. The summed E-state index contributed by atoms with van der Waals surface area (Å²) in [5.41, 5.74) is -0.149. The number of carbonyl (C=O) groups excluding carboxylic acids is 4. The van der Waals surface area contributed by atoms with Crippen LogP contribution < -0.4 is 5.32 Å². The second-order valence-electron chi connectivity index (χ2n) is 5.50. The summed E-state index contributed by atoms with van der Waals surface area (Å²) < 4.78 is 0. The highest BCUT2D eigenvalue weighted by Crippen LogP contribution is 2.49. The molecule has 3 fully saturated rings. The molecule has 0 aromatic rings. The third kappa shape index (κ3) is 1.55. The normalized spacial score (nSPS) is 30.7. The standard InChI is InChI=1S/C12H14N2O4/c15-8-4-7(11(18)13-8)14-9(16)5-12(2-1-3-12)6-10(14)17/h7H,1-6H2,(H,13,15,18). The van der Waals surface area contributed by atoms with Gasteiger partial charge in [-0.15, -0.1) is 0 Å². The molecule has 18 heavy (non-hydrogen) atoms. The Morgan fingerprint density at radius 2 is 1.67 bits per heavy atom. The number of carbonyl (C=O) groups is 4. The molecule has 2 aliphatic heterocycles. The Labute approximate surface area is 104 Å². The second kappa shape index (κ2) is 3.63. The van der Waals surface area contributed by atoms with Gasteiger partial charge in [-0.25, -0.2) is 0 Å². The van der Waals surface area contributed by atoms with Crippen LogP contribution in [0.2, 0.25) is 0 Å². The fraction of sp³-hybridized carbons (Fsp3) is 0.667. The summed E-state index contributed by atoms with van der Waals surface area (Å²) in [7, 11) is 0. The van der Waals surface area contributed by atoms with Crippen molar-refractivity contribution in [3.63, 3.8) is 0 Å². The van der Waals surface area contributed by atoms with Crippen molar-refractivity contribution in [2.75, 3.05) is 0 Å². The summed E-state index contributed by atoms with van der Waals surface area (Å²) in [6, 6.07) is -0.921. The summed E-state index contributed by atoms with van der Waals surface area (Å²) in [4.78, 5) is 47.8. The van der Waals surface area contributed by atoms with Gasteiger partial charge < -0.3 is 0 Å². The summed E-state index contributed by atoms with van der Waals surface area (Å²) in [6.07, 6.45) is 3.45. The Balaban J connectivity index is 1.81. The molecule has 0 radical (unpaired) electrons. The highest BCUT2D eigenvalue weighted by atomic mass is 16.2. The van der Waals surface area contributed by atoms with E-state index in [0.29, 0.717) is 12.8 Å². The first kappa shape index (κ1) is 11.4. The van der Waals surface area contributed by atoms with Crippen molar-refractivity contribution in [2.24, 2.45) is 5.41 Å². The van der Waals surface area contributed by atoms with Gasteiger partial charge in [0, 0.05) is 12.8 Å². The Morgan fingerprint density at radius 3 is 2.06 bits per heavy atom. The summed E-state index contributed by atoms with van der Waals surface area (Å²) in [6.45, 7) is 0. The molecule has 2 saturated heterocycles. The van der Waals surface area contributed by atoms with Crippen molar-refractivity contribution >= 4 is 23.6 Å². The van der Waals surface area contributed by atoms with Gasteiger partial charge in [0.2, 0.25) is 23.6 Å². The number of piperidine rings is 1. The van der Waals surface area contributed by atoms with Crippen LogP contribution in [0.15, 0.2) is 0 Å². The molecule has 1 saturated carbocycles. The molecule has 1 atom stereocenters. The average molecular weight is 250 g/mol. The first-order valence-electron chi connectivity index (χ1n) is 6.19. The molecule has 4 amide bonds. The van der Waals surface area contributed by atoms with Gasteiger partial charge in [-0.2, -0.15) is 0 Å². The van der Waals surface area contributed by atoms with E-state index in [1.165, 1.54) is 0 Å². The van der Waals surface area contributed by atoms with Crippen LogP contribution in [0.4, 0.5) is 0 Å². The minimum atomic E-state index is -0.921. The lowest BCUT2D eigenvalue weighted by molar-refractivity contribution is -0.161. The zero-order valence-electron chi connectivity index (χ0n) is 9.90. The zero-order chi connectivity index (χ0) is 12.9. The maximum Gasteiger partial charge on any atom is 0.250 e. The van der Waals surface area contributed by atoms with Crippen molar-refractivity contribution in [3.05, 3.63) is 0 Å². The van der Waals surface area contributed by atoms with Gasteiger partial charge in [0.1, 0.15) is 6.04 Å². The fourth-order valence-corrected chi connectivity index (χ4v) is 3.14. The molecule has 0 bridgehead atoms. The summed E-state index contributed by atoms with van der Waals surface area (Å²) >= 11 is 0. The van der Waals surface area contributed by atoms with E-state index >= 15 is 0 Å². The van der Waals surface area contributed by atoms with E-state index in [2.05, 4.69) is 5.32 Å².